The molecule has 0 bridgehead atoms. The zero-order valence-corrected chi connectivity index (χ0v) is 46.1. The number of rotatable bonds is 24. The Balaban J connectivity index is 1.49. The third kappa shape index (κ3) is 13.9. The number of hydrogen-bond acceptors (Lipinski definition) is 8. The normalized spacial score (nSPS) is 18.6. The number of aliphatic hydroxyl groups is 1. The van der Waals surface area contributed by atoms with E-state index in [1.807, 2.05) is 49.4 Å². The largest absolute Gasteiger partial charge is 0.497 e. The van der Waals surface area contributed by atoms with Crippen LogP contribution in [0.2, 0.25) is 41.3 Å². The highest BCUT2D eigenvalue weighted by atomic mass is 28.4. The molecular formula is C55H84O8Si3. The first kappa shape index (κ1) is 54.0. The Morgan fingerprint density at radius 1 is 0.606 bits per heavy atom. The van der Waals surface area contributed by atoms with E-state index in [1.165, 1.54) is 10.4 Å². The highest BCUT2D eigenvalue weighted by molar-refractivity contribution is 6.99. The summed E-state index contributed by atoms with van der Waals surface area (Å²) in [6.45, 7) is 33.3. The minimum Gasteiger partial charge on any atom is -0.497 e. The van der Waals surface area contributed by atoms with E-state index in [0.717, 1.165) is 23.3 Å². The average Bonchev–Trinajstić information content (AvgIpc) is 4.03. The van der Waals surface area contributed by atoms with E-state index in [9.17, 15) is 5.11 Å². The van der Waals surface area contributed by atoms with Crippen LogP contribution in [0.15, 0.2) is 115 Å². The average molecular weight is 958 g/mol. The summed E-state index contributed by atoms with van der Waals surface area (Å²) in [6.07, 6.45) is -0.294. The fourth-order valence-corrected chi connectivity index (χ4v) is 15.8. The zero-order valence-electron chi connectivity index (χ0n) is 43.1. The van der Waals surface area contributed by atoms with Crippen molar-refractivity contribution < 1.29 is 37.3 Å². The molecule has 0 amide bonds. The van der Waals surface area contributed by atoms with Gasteiger partial charge in [0.2, 0.25) is 0 Å². The Labute approximate surface area is 402 Å². The minimum atomic E-state index is -2.88. The molecule has 0 spiro atoms. The van der Waals surface area contributed by atoms with E-state index < -0.39 is 42.8 Å². The summed E-state index contributed by atoms with van der Waals surface area (Å²) < 4.78 is 47.4. The van der Waals surface area contributed by atoms with Crippen molar-refractivity contribution in [3.8, 4) is 5.75 Å². The molecule has 0 saturated carbocycles. The van der Waals surface area contributed by atoms with Crippen molar-refractivity contribution in [2.45, 2.75) is 179 Å². The van der Waals surface area contributed by atoms with Gasteiger partial charge in [-0.3, -0.25) is 0 Å². The fraction of sp³-hybridized carbons (Fsp3) is 0.564. The van der Waals surface area contributed by atoms with Gasteiger partial charge >= 0.3 is 0 Å². The first-order chi connectivity index (χ1) is 30.8. The molecule has 1 saturated heterocycles. The summed E-state index contributed by atoms with van der Waals surface area (Å²) in [5, 5.41) is 15.4. The monoisotopic (exact) mass is 957 g/mol. The van der Waals surface area contributed by atoms with Gasteiger partial charge in [-0.05, 0) is 94.7 Å². The van der Waals surface area contributed by atoms with Crippen molar-refractivity contribution in [3.05, 3.63) is 126 Å². The number of hydrogen-bond donors (Lipinski definition) is 1. The molecule has 1 fully saturated rings. The predicted octanol–water partition coefficient (Wildman–Crippen LogP) is 11.8. The molecule has 66 heavy (non-hydrogen) atoms. The van der Waals surface area contributed by atoms with Crippen LogP contribution in [0.3, 0.4) is 0 Å². The third-order valence-electron chi connectivity index (χ3n) is 14.4. The van der Waals surface area contributed by atoms with E-state index in [0.29, 0.717) is 39.3 Å². The van der Waals surface area contributed by atoms with Crippen LogP contribution in [0.25, 0.3) is 0 Å². The lowest BCUT2D eigenvalue weighted by Gasteiger charge is -2.47. The first-order valence-electron chi connectivity index (χ1n) is 24.2. The van der Waals surface area contributed by atoms with Gasteiger partial charge in [0, 0.05) is 19.6 Å². The van der Waals surface area contributed by atoms with Crippen molar-refractivity contribution in [1.82, 2.24) is 0 Å². The van der Waals surface area contributed by atoms with Gasteiger partial charge in [0.05, 0.1) is 44.2 Å². The highest BCUT2D eigenvalue weighted by Gasteiger charge is 2.55. The molecule has 0 aliphatic carbocycles. The maximum Gasteiger partial charge on any atom is 0.261 e. The minimum absolute atomic E-state index is 0.0470. The molecule has 0 aromatic heterocycles. The third-order valence-corrected chi connectivity index (χ3v) is 28.5. The number of epoxide rings is 1. The van der Waals surface area contributed by atoms with E-state index in [4.69, 9.17) is 32.2 Å². The summed E-state index contributed by atoms with van der Waals surface area (Å²) in [6, 6.07) is 39.7. The van der Waals surface area contributed by atoms with Gasteiger partial charge in [-0.1, -0.05) is 165 Å². The van der Waals surface area contributed by atoms with Gasteiger partial charge in [0.25, 0.3) is 8.32 Å². The molecule has 4 aromatic rings. The lowest BCUT2D eigenvalue weighted by Crippen LogP contribution is -2.66. The highest BCUT2D eigenvalue weighted by Crippen LogP contribution is 2.45. The molecule has 6 atom stereocenters. The SMILES string of the molecule is COc1ccc(COCC[C@H]2O[C@@H]2[C@H](C[C@@](C)(O)[C@@H](OCc2ccccc2)[C@H](CCO[Si](c2ccccc2)(c2ccccc2)C(C)(C)C)O[Si](C)(C)C(C)(C)C)O[Si](C)(C)C(C)(C)C)cc1. The van der Waals surface area contributed by atoms with E-state index in [1.54, 1.807) is 7.11 Å². The molecule has 364 valence electrons. The quantitative estimate of drug-likeness (QED) is 0.0422. The molecule has 5 rings (SSSR count). The maximum atomic E-state index is 13.3. The molecular weight excluding hydrogens is 873 g/mol. The van der Waals surface area contributed by atoms with Crippen LogP contribution in [-0.2, 0) is 40.7 Å². The van der Waals surface area contributed by atoms with Gasteiger partial charge in [-0.15, -0.1) is 0 Å². The van der Waals surface area contributed by atoms with Crippen LogP contribution in [0, 0.1) is 0 Å². The van der Waals surface area contributed by atoms with Crippen molar-refractivity contribution in [1.29, 1.82) is 0 Å². The Kier molecular flexibility index (Phi) is 18.2. The van der Waals surface area contributed by atoms with Crippen molar-refractivity contribution in [3.63, 3.8) is 0 Å². The molecule has 1 N–H and O–H groups in total. The van der Waals surface area contributed by atoms with Crippen molar-refractivity contribution >= 4 is 35.3 Å². The molecule has 1 aliphatic heterocycles. The molecule has 0 unspecified atom stereocenters. The van der Waals surface area contributed by atoms with Crippen LogP contribution in [0.5, 0.6) is 5.75 Å². The van der Waals surface area contributed by atoms with Gasteiger partial charge in [0.1, 0.15) is 18.0 Å². The lowest BCUT2D eigenvalue weighted by molar-refractivity contribution is -0.163. The van der Waals surface area contributed by atoms with Crippen LogP contribution >= 0.6 is 0 Å². The summed E-state index contributed by atoms with van der Waals surface area (Å²) >= 11 is 0. The Bertz CT molecular complexity index is 2000. The Morgan fingerprint density at radius 2 is 1.11 bits per heavy atom. The Morgan fingerprint density at radius 3 is 1.61 bits per heavy atom. The van der Waals surface area contributed by atoms with Gasteiger partial charge in [0.15, 0.2) is 16.6 Å². The summed E-state index contributed by atoms with van der Waals surface area (Å²) in [7, 11) is -6.01. The number of benzene rings is 4. The maximum absolute atomic E-state index is 13.3. The second kappa shape index (κ2) is 22.2. The van der Waals surface area contributed by atoms with Crippen LogP contribution in [0.4, 0.5) is 0 Å². The van der Waals surface area contributed by atoms with Crippen LogP contribution < -0.4 is 15.1 Å². The molecule has 0 radical (unpaired) electrons. The predicted molar refractivity (Wildman–Crippen MR) is 279 cm³/mol. The topological polar surface area (TPSA) is 88.1 Å². The van der Waals surface area contributed by atoms with Gasteiger partial charge < -0.3 is 37.3 Å². The molecule has 1 aliphatic rings. The Hall–Kier alpha value is -2.95. The van der Waals surface area contributed by atoms with Crippen molar-refractivity contribution in [2.75, 3.05) is 20.3 Å². The smallest absolute Gasteiger partial charge is 0.261 e. The van der Waals surface area contributed by atoms with Gasteiger partial charge in [-0.2, -0.15) is 0 Å². The lowest BCUT2D eigenvalue weighted by atomic mass is 9.86. The zero-order chi connectivity index (χ0) is 48.6. The summed E-state index contributed by atoms with van der Waals surface area (Å²) in [4.78, 5) is 0. The fourth-order valence-electron chi connectivity index (χ4n) is 8.50. The first-order valence-corrected chi connectivity index (χ1v) is 31.9. The van der Waals surface area contributed by atoms with Gasteiger partial charge in [-0.25, -0.2) is 0 Å². The molecule has 8 nitrogen and oxygen atoms in total. The van der Waals surface area contributed by atoms with Crippen LogP contribution in [0.1, 0.15) is 99.6 Å². The second-order valence-electron chi connectivity index (χ2n) is 22.7. The molecule has 4 aromatic carbocycles. The van der Waals surface area contributed by atoms with Crippen LogP contribution in [-0.4, -0.2) is 86.5 Å². The van der Waals surface area contributed by atoms with Crippen molar-refractivity contribution in [2.24, 2.45) is 0 Å². The standard InChI is InChI=1S/C55H84O8Si3/c1-52(2,3)64(12,13)62-48(36-38-60-66(54(7,8)9,45-27-21-17-22-28-45)46-29-23-18-24-30-46)51(59-41-42-25-19-16-20-26-42)55(10,56)39-49(63-65(14,15)53(4,5)6)50-47(61-50)35-37-58-40-43-31-33-44(57-11)34-32-43/h16-34,47-51,56H,35-41H2,1-15H3/t47-,48+,49+,50+,51+,55-/m1/s1. The number of methoxy groups -OCH3 is 1. The summed E-state index contributed by atoms with van der Waals surface area (Å²) in [5.41, 5.74) is 0.725. The molecule has 1 heterocycles. The van der Waals surface area contributed by atoms with E-state index >= 15 is 0 Å². The van der Waals surface area contributed by atoms with E-state index in [-0.39, 0.29) is 33.4 Å². The second-order valence-corrected chi connectivity index (χ2v) is 36.6. The molecule has 11 heteroatoms. The van der Waals surface area contributed by atoms with E-state index in [2.05, 4.69) is 161 Å². The summed E-state index contributed by atoms with van der Waals surface area (Å²) in [5.74, 6) is 0.825. The number of ether oxygens (including phenoxy) is 4.